The van der Waals surface area contributed by atoms with Crippen molar-refractivity contribution in [3.63, 3.8) is 0 Å². The minimum absolute atomic E-state index is 0.0625. The lowest BCUT2D eigenvalue weighted by atomic mass is 9.99. The van der Waals surface area contributed by atoms with Crippen LogP contribution in [0.3, 0.4) is 0 Å². The molecule has 0 aromatic rings. The van der Waals surface area contributed by atoms with Crippen LogP contribution in [0.1, 0.15) is 363 Å². The van der Waals surface area contributed by atoms with Gasteiger partial charge in [0.1, 0.15) is 13.2 Å². The Morgan fingerprint density at radius 3 is 0.732 bits per heavy atom. The number of rotatable bonds is 58. The maximum Gasteiger partial charge on any atom is 0.306 e. The molecule has 0 aliphatic heterocycles. The highest BCUT2D eigenvalue weighted by molar-refractivity contribution is 5.71. The van der Waals surface area contributed by atoms with Gasteiger partial charge in [0.05, 0.1) is 0 Å². The van der Waals surface area contributed by atoms with Gasteiger partial charge in [-0.3, -0.25) is 14.4 Å². The van der Waals surface area contributed by atoms with Crippen LogP contribution in [-0.2, 0) is 28.6 Å². The topological polar surface area (TPSA) is 78.9 Å². The van der Waals surface area contributed by atoms with Crippen molar-refractivity contribution in [2.45, 2.75) is 369 Å². The molecule has 6 nitrogen and oxygen atoms in total. The van der Waals surface area contributed by atoms with Crippen molar-refractivity contribution in [2.75, 3.05) is 13.2 Å². The normalized spacial score (nSPS) is 12.5. The summed E-state index contributed by atoms with van der Waals surface area (Å²) in [4.78, 5) is 38.3. The van der Waals surface area contributed by atoms with E-state index in [1.165, 1.54) is 244 Å². The fraction of sp³-hybridized carbons (Fsp3) is 0.954. The van der Waals surface area contributed by atoms with Gasteiger partial charge in [0.15, 0.2) is 6.10 Å². The fourth-order valence-electron chi connectivity index (χ4n) is 10.0. The molecule has 0 aliphatic carbocycles. The van der Waals surface area contributed by atoms with Crippen molar-refractivity contribution < 1.29 is 28.6 Å². The highest BCUT2D eigenvalue weighted by Crippen LogP contribution is 2.19. The van der Waals surface area contributed by atoms with Crippen molar-refractivity contribution in [3.8, 4) is 0 Å². The van der Waals surface area contributed by atoms with E-state index >= 15 is 0 Å². The van der Waals surface area contributed by atoms with Gasteiger partial charge in [0, 0.05) is 19.3 Å². The Bertz CT molecular complexity index is 1100. The summed E-state index contributed by atoms with van der Waals surface area (Å²) in [5.41, 5.74) is 0. The Morgan fingerprint density at radius 1 is 0.282 bits per heavy atom. The van der Waals surface area contributed by atoms with Crippen LogP contribution in [0.25, 0.3) is 0 Å². The molecule has 0 heterocycles. The second-order valence-corrected chi connectivity index (χ2v) is 23.6. The predicted octanol–water partition coefficient (Wildman–Crippen LogP) is 21.5. The lowest BCUT2D eigenvalue weighted by Crippen LogP contribution is -2.30. The van der Waals surface area contributed by atoms with Gasteiger partial charge in [0.2, 0.25) is 0 Å². The third-order valence-electron chi connectivity index (χ3n) is 15.3. The van der Waals surface area contributed by atoms with Crippen molar-refractivity contribution >= 4 is 17.9 Å². The Hall–Kier alpha value is -1.59. The van der Waals surface area contributed by atoms with Crippen LogP contribution >= 0.6 is 0 Å². The molecule has 0 saturated heterocycles. The summed E-state index contributed by atoms with van der Waals surface area (Å²) in [6, 6.07) is 0. The van der Waals surface area contributed by atoms with Crippen LogP contribution in [0.4, 0.5) is 0 Å². The molecule has 0 aliphatic rings. The Kier molecular flexibility index (Phi) is 54.9. The summed E-state index contributed by atoms with van der Waals surface area (Å²) >= 11 is 0. The zero-order valence-corrected chi connectivity index (χ0v) is 49.0. The van der Waals surface area contributed by atoms with Gasteiger partial charge in [-0.2, -0.15) is 0 Å². The van der Waals surface area contributed by atoms with Crippen LogP contribution in [-0.4, -0.2) is 37.2 Å². The van der Waals surface area contributed by atoms with E-state index in [-0.39, 0.29) is 31.1 Å². The third kappa shape index (κ3) is 57.5. The van der Waals surface area contributed by atoms with Gasteiger partial charge in [0.25, 0.3) is 0 Å². The Labute approximate surface area is 444 Å². The van der Waals surface area contributed by atoms with E-state index in [1.54, 1.807) is 0 Å². The fourth-order valence-corrected chi connectivity index (χ4v) is 10.0. The Morgan fingerprint density at radius 2 is 0.493 bits per heavy atom. The molecular weight excluding hydrogens is 877 g/mol. The average molecular weight is 1000 g/mol. The summed E-state index contributed by atoms with van der Waals surface area (Å²) in [6.45, 7) is 13.8. The highest BCUT2D eigenvalue weighted by atomic mass is 16.6. The molecule has 0 rings (SSSR count). The van der Waals surface area contributed by atoms with E-state index in [0.29, 0.717) is 19.3 Å². The minimum Gasteiger partial charge on any atom is -0.462 e. The number of hydrogen-bond donors (Lipinski definition) is 0. The summed E-state index contributed by atoms with van der Waals surface area (Å²) in [7, 11) is 0. The first kappa shape index (κ1) is 69.4. The molecule has 0 aromatic carbocycles. The maximum atomic E-state index is 12.9. The molecule has 71 heavy (non-hydrogen) atoms. The Balaban J connectivity index is 4.30. The van der Waals surface area contributed by atoms with Crippen LogP contribution in [0.5, 0.6) is 0 Å². The molecule has 2 atom stereocenters. The lowest BCUT2D eigenvalue weighted by Gasteiger charge is -2.18. The molecule has 0 radical (unpaired) electrons. The van der Waals surface area contributed by atoms with E-state index in [0.717, 1.165) is 75.5 Å². The monoisotopic (exact) mass is 1000 g/mol. The second-order valence-electron chi connectivity index (χ2n) is 23.6. The van der Waals surface area contributed by atoms with Gasteiger partial charge in [-0.25, -0.2) is 0 Å². The lowest BCUT2D eigenvalue weighted by molar-refractivity contribution is -0.167. The summed E-state index contributed by atoms with van der Waals surface area (Å²) in [5, 5.41) is 0. The molecule has 0 aromatic heterocycles. The first-order valence-electron chi connectivity index (χ1n) is 32.1. The van der Waals surface area contributed by atoms with Crippen LogP contribution in [0.15, 0.2) is 0 Å². The average Bonchev–Trinajstić information content (AvgIpc) is 3.35. The predicted molar refractivity (Wildman–Crippen MR) is 307 cm³/mol. The largest absolute Gasteiger partial charge is 0.462 e. The summed E-state index contributed by atoms with van der Waals surface area (Å²) in [6.07, 6.45) is 60.9. The standard InChI is InChI=1S/C65H126O6/c1-7-61(6)53-47-41-35-29-23-17-12-14-19-25-31-37-43-49-55-64(67)70-58-62(71-65(68)56-50-44-38-32-26-20-13-11-16-22-28-34-40-46-52-60(4)5)57-69-63(66)54-48-42-36-30-24-18-10-8-9-15-21-27-33-39-45-51-59(2)3/h59-62H,7-58H2,1-6H3/t61?,62-/m1/s1. The van der Waals surface area contributed by atoms with E-state index in [2.05, 4.69) is 41.5 Å². The summed E-state index contributed by atoms with van der Waals surface area (Å²) in [5.74, 6) is 1.75. The van der Waals surface area contributed by atoms with Crippen LogP contribution in [0.2, 0.25) is 0 Å². The van der Waals surface area contributed by atoms with Crippen LogP contribution < -0.4 is 0 Å². The zero-order valence-electron chi connectivity index (χ0n) is 49.0. The molecule has 0 N–H and O–H groups in total. The SMILES string of the molecule is CCC(C)CCCCCCCCCCCCCCCCC(=O)OC[C@@H](COC(=O)CCCCCCCCCCCCCCCCCC(C)C)OC(=O)CCCCCCCCCCCCCCCCC(C)C. The second kappa shape index (κ2) is 56.1. The van der Waals surface area contributed by atoms with Gasteiger partial charge < -0.3 is 14.2 Å². The molecule has 0 fully saturated rings. The van der Waals surface area contributed by atoms with Gasteiger partial charge in [-0.15, -0.1) is 0 Å². The van der Waals surface area contributed by atoms with Crippen LogP contribution in [0, 0.1) is 17.8 Å². The highest BCUT2D eigenvalue weighted by Gasteiger charge is 2.19. The molecule has 0 spiro atoms. The van der Waals surface area contributed by atoms with Gasteiger partial charge >= 0.3 is 17.9 Å². The smallest absolute Gasteiger partial charge is 0.306 e. The van der Waals surface area contributed by atoms with Crippen molar-refractivity contribution in [1.29, 1.82) is 0 Å². The number of carbonyl (C=O) groups is 3. The molecule has 422 valence electrons. The number of ether oxygens (including phenoxy) is 3. The van der Waals surface area contributed by atoms with Crippen molar-refractivity contribution in [1.82, 2.24) is 0 Å². The van der Waals surface area contributed by atoms with E-state index in [9.17, 15) is 14.4 Å². The van der Waals surface area contributed by atoms with E-state index < -0.39 is 6.10 Å². The van der Waals surface area contributed by atoms with Crippen molar-refractivity contribution in [3.05, 3.63) is 0 Å². The first-order chi connectivity index (χ1) is 34.6. The summed E-state index contributed by atoms with van der Waals surface area (Å²) < 4.78 is 17.0. The number of hydrogen-bond acceptors (Lipinski definition) is 6. The van der Waals surface area contributed by atoms with E-state index in [1.807, 2.05) is 0 Å². The van der Waals surface area contributed by atoms with Gasteiger partial charge in [-0.05, 0) is 37.0 Å². The van der Waals surface area contributed by atoms with Gasteiger partial charge in [-0.1, -0.05) is 324 Å². The van der Waals surface area contributed by atoms with E-state index in [4.69, 9.17) is 14.2 Å². The number of unbranched alkanes of at least 4 members (excludes halogenated alkanes) is 40. The third-order valence-corrected chi connectivity index (χ3v) is 15.3. The maximum absolute atomic E-state index is 12.9. The van der Waals surface area contributed by atoms with Crippen molar-refractivity contribution in [2.24, 2.45) is 17.8 Å². The minimum atomic E-state index is -0.765. The number of esters is 3. The molecule has 0 bridgehead atoms. The molecule has 6 heteroatoms. The molecule has 1 unspecified atom stereocenters. The molecule has 0 amide bonds. The zero-order chi connectivity index (χ0) is 51.9. The molecule has 0 saturated carbocycles. The number of carbonyl (C=O) groups excluding carboxylic acids is 3. The first-order valence-corrected chi connectivity index (χ1v) is 32.1. The quantitative estimate of drug-likeness (QED) is 0.0343. The molecular formula is C65H126O6.